The van der Waals surface area contributed by atoms with E-state index in [-0.39, 0.29) is 11.7 Å². The summed E-state index contributed by atoms with van der Waals surface area (Å²) in [5.41, 5.74) is 5.44. The van der Waals surface area contributed by atoms with E-state index < -0.39 is 0 Å². The van der Waals surface area contributed by atoms with E-state index in [1.165, 1.54) is 29.5 Å². The van der Waals surface area contributed by atoms with E-state index >= 15 is 0 Å². The number of imidazole rings is 1. The molecule has 0 spiro atoms. The molecule has 2 heterocycles. The maximum Gasteiger partial charge on any atom is 0.251 e. The van der Waals surface area contributed by atoms with E-state index in [4.69, 9.17) is 16.6 Å². The predicted molar refractivity (Wildman–Crippen MR) is 147 cm³/mol. The minimum atomic E-state index is -0.356. The number of amides is 1. The van der Waals surface area contributed by atoms with E-state index in [1.54, 1.807) is 18.5 Å². The average Bonchev–Trinajstić information content (AvgIpc) is 3.26. The van der Waals surface area contributed by atoms with Gasteiger partial charge in [-0.15, -0.1) is 0 Å². The second-order valence-corrected chi connectivity index (χ2v) is 9.91. The zero-order chi connectivity index (χ0) is 25.6. The number of aromatic nitrogens is 3. The minimum Gasteiger partial charge on any atom is -0.352 e. The lowest BCUT2D eigenvalue weighted by molar-refractivity contribution is 0.0954. The summed E-state index contributed by atoms with van der Waals surface area (Å²) in [6, 6.07) is 24.0. The summed E-state index contributed by atoms with van der Waals surface area (Å²) < 4.78 is 15.5. The summed E-state index contributed by atoms with van der Waals surface area (Å²) in [7, 11) is 0. The number of thioether (sulfide) groups is 1. The fourth-order valence-electron chi connectivity index (χ4n) is 4.00. The van der Waals surface area contributed by atoms with Crippen LogP contribution in [-0.2, 0) is 18.7 Å². The number of carbonyl (C=O) groups excluding carboxylic acids is 1. The zero-order valence-electron chi connectivity index (χ0n) is 19.9. The van der Waals surface area contributed by atoms with Crippen LogP contribution in [0.4, 0.5) is 4.39 Å². The van der Waals surface area contributed by atoms with Crippen molar-refractivity contribution < 1.29 is 9.18 Å². The molecule has 0 atom stereocenters. The molecule has 2 aromatic heterocycles. The molecule has 3 aromatic carbocycles. The summed E-state index contributed by atoms with van der Waals surface area (Å²) in [5.74, 6) is 0.107. The lowest BCUT2D eigenvalue weighted by atomic mass is 10.1. The molecule has 0 radical (unpaired) electrons. The van der Waals surface area contributed by atoms with Crippen molar-refractivity contribution in [3.8, 4) is 0 Å². The van der Waals surface area contributed by atoms with Gasteiger partial charge in [0.05, 0.1) is 23.8 Å². The standard InChI is InChI=1S/C29H24ClFN4OS/c30-25-16-24(31)11-10-23(25)19-37-29-34-26-13-14-32-17-27(26)35(29)18-21-6-8-22(9-7-21)28(36)33-15-12-20-4-2-1-3-5-20/h1-11,13-14,16-17H,12,15,18-19H2,(H,33,36). The van der Waals surface area contributed by atoms with Crippen LogP contribution < -0.4 is 5.32 Å². The van der Waals surface area contributed by atoms with Gasteiger partial charge in [-0.25, -0.2) is 9.37 Å². The molecule has 8 heteroatoms. The van der Waals surface area contributed by atoms with Crippen LogP contribution in [0.25, 0.3) is 11.0 Å². The van der Waals surface area contributed by atoms with Crippen LogP contribution in [0.1, 0.15) is 27.0 Å². The molecule has 5 aromatic rings. The van der Waals surface area contributed by atoms with E-state index in [2.05, 4.69) is 27.0 Å². The number of hydrogen-bond acceptors (Lipinski definition) is 4. The van der Waals surface area contributed by atoms with Crippen LogP contribution in [0.15, 0.2) is 96.4 Å². The Morgan fingerprint density at radius 1 is 1.00 bits per heavy atom. The third kappa shape index (κ3) is 6.18. The summed E-state index contributed by atoms with van der Waals surface area (Å²) in [5, 5.41) is 4.19. The highest BCUT2D eigenvalue weighted by Gasteiger charge is 2.14. The number of benzene rings is 3. The summed E-state index contributed by atoms with van der Waals surface area (Å²) >= 11 is 7.76. The summed E-state index contributed by atoms with van der Waals surface area (Å²) in [4.78, 5) is 21.6. The van der Waals surface area contributed by atoms with Gasteiger partial charge in [0.25, 0.3) is 5.91 Å². The van der Waals surface area contributed by atoms with Crippen LogP contribution in [0, 0.1) is 5.82 Å². The van der Waals surface area contributed by atoms with Gasteiger partial charge in [0.1, 0.15) is 5.82 Å². The maximum absolute atomic E-state index is 13.4. The molecule has 5 nitrogen and oxygen atoms in total. The van der Waals surface area contributed by atoms with E-state index in [9.17, 15) is 9.18 Å². The Labute approximate surface area is 223 Å². The third-order valence-corrected chi connectivity index (χ3v) is 7.36. The molecule has 1 N–H and O–H groups in total. The number of carbonyl (C=O) groups is 1. The first-order valence-electron chi connectivity index (χ1n) is 11.8. The van der Waals surface area contributed by atoms with E-state index in [1.807, 2.05) is 48.5 Å². The normalized spacial score (nSPS) is 11.1. The molecule has 1 amide bonds. The number of halogens is 2. The summed E-state index contributed by atoms with van der Waals surface area (Å²) in [6.07, 6.45) is 4.30. The van der Waals surface area contributed by atoms with Crippen molar-refractivity contribution >= 4 is 40.3 Å². The Kier molecular flexibility index (Phi) is 7.82. The number of rotatable bonds is 9. The van der Waals surface area contributed by atoms with Crippen molar-refractivity contribution in [1.82, 2.24) is 19.9 Å². The van der Waals surface area contributed by atoms with Gasteiger partial charge < -0.3 is 9.88 Å². The van der Waals surface area contributed by atoms with Gasteiger partial charge >= 0.3 is 0 Å². The summed E-state index contributed by atoms with van der Waals surface area (Å²) in [6.45, 7) is 1.15. The largest absolute Gasteiger partial charge is 0.352 e. The van der Waals surface area contributed by atoms with Crippen LogP contribution in [0.3, 0.4) is 0 Å². The Bertz CT molecular complexity index is 1520. The molecule has 0 fully saturated rings. The topological polar surface area (TPSA) is 59.8 Å². The minimum absolute atomic E-state index is 0.0906. The molecule has 5 rings (SSSR count). The van der Waals surface area contributed by atoms with Crippen molar-refractivity contribution in [3.63, 3.8) is 0 Å². The van der Waals surface area contributed by atoms with Gasteiger partial charge in [0.15, 0.2) is 5.16 Å². The number of nitrogens with zero attached hydrogens (tertiary/aromatic N) is 3. The van der Waals surface area contributed by atoms with Crippen molar-refractivity contribution in [2.45, 2.75) is 23.9 Å². The number of pyridine rings is 1. The van der Waals surface area contributed by atoms with Crippen molar-refractivity contribution in [2.24, 2.45) is 0 Å². The molecule has 0 bridgehead atoms. The third-order valence-electron chi connectivity index (χ3n) is 5.99. The molecule has 0 unspecified atom stereocenters. The molecule has 0 saturated carbocycles. The lowest BCUT2D eigenvalue weighted by Gasteiger charge is -2.11. The SMILES string of the molecule is O=C(NCCc1ccccc1)c1ccc(Cn2c(SCc3ccc(F)cc3Cl)nc3ccncc32)cc1. The fourth-order valence-corrected chi connectivity index (χ4v) is 5.33. The van der Waals surface area contributed by atoms with E-state index in [0.717, 1.165) is 33.7 Å². The van der Waals surface area contributed by atoms with Gasteiger partial charge in [-0.05, 0) is 53.4 Å². The first kappa shape index (κ1) is 25.0. The van der Waals surface area contributed by atoms with Crippen LogP contribution in [-0.4, -0.2) is 27.0 Å². The average molecular weight is 531 g/mol. The van der Waals surface area contributed by atoms with Crippen LogP contribution >= 0.6 is 23.4 Å². The molecular weight excluding hydrogens is 507 g/mol. The van der Waals surface area contributed by atoms with Gasteiger partial charge in [0.2, 0.25) is 0 Å². The molecule has 0 aliphatic rings. The zero-order valence-corrected chi connectivity index (χ0v) is 21.5. The Hall–Kier alpha value is -3.68. The smallest absolute Gasteiger partial charge is 0.251 e. The van der Waals surface area contributed by atoms with Crippen molar-refractivity contribution in [1.29, 1.82) is 0 Å². The van der Waals surface area contributed by atoms with Crippen molar-refractivity contribution in [3.05, 3.63) is 124 Å². The first-order valence-corrected chi connectivity index (χ1v) is 13.2. The highest BCUT2D eigenvalue weighted by atomic mass is 35.5. The second-order valence-electron chi connectivity index (χ2n) is 8.56. The lowest BCUT2D eigenvalue weighted by Crippen LogP contribution is -2.25. The molecule has 186 valence electrons. The Morgan fingerprint density at radius 3 is 2.59 bits per heavy atom. The highest BCUT2D eigenvalue weighted by molar-refractivity contribution is 7.98. The Morgan fingerprint density at radius 2 is 1.81 bits per heavy atom. The van der Waals surface area contributed by atoms with Gasteiger partial charge in [-0.1, -0.05) is 71.9 Å². The van der Waals surface area contributed by atoms with Gasteiger partial charge in [-0.2, -0.15) is 0 Å². The van der Waals surface area contributed by atoms with Crippen LogP contribution in [0.2, 0.25) is 5.02 Å². The predicted octanol–water partition coefficient (Wildman–Crippen LogP) is 6.54. The molecule has 0 saturated heterocycles. The number of hydrogen-bond donors (Lipinski definition) is 1. The fraction of sp³-hybridized carbons (Fsp3) is 0.138. The second kappa shape index (κ2) is 11.6. The molecular formula is C29H24ClFN4OS. The molecule has 37 heavy (non-hydrogen) atoms. The van der Waals surface area contributed by atoms with Crippen LogP contribution in [0.5, 0.6) is 0 Å². The van der Waals surface area contributed by atoms with Crippen molar-refractivity contribution in [2.75, 3.05) is 6.54 Å². The first-order chi connectivity index (χ1) is 18.1. The Balaban J connectivity index is 1.28. The van der Waals surface area contributed by atoms with Gasteiger partial charge in [-0.3, -0.25) is 9.78 Å². The van der Waals surface area contributed by atoms with E-state index in [0.29, 0.717) is 29.4 Å². The quantitative estimate of drug-likeness (QED) is 0.220. The number of fused-ring (bicyclic) bond motifs is 1. The number of nitrogens with one attached hydrogen (secondary N) is 1. The monoisotopic (exact) mass is 530 g/mol. The molecule has 0 aliphatic carbocycles. The maximum atomic E-state index is 13.4. The highest BCUT2D eigenvalue weighted by Crippen LogP contribution is 2.30. The molecule has 0 aliphatic heterocycles. The van der Waals surface area contributed by atoms with Gasteiger partial charge in [0, 0.05) is 29.1 Å².